The Bertz CT molecular complexity index is 1130. The molecule has 0 aromatic heterocycles. The number of benzene rings is 2. The number of aliphatic hydroxyl groups is 1. The van der Waals surface area contributed by atoms with Crippen LogP contribution in [0.4, 0.5) is 0 Å². The second kappa shape index (κ2) is 5.99. The van der Waals surface area contributed by atoms with Gasteiger partial charge in [-0.05, 0) is 48.8 Å². The molecule has 0 bridgehead atoms. The van der Waals surface area contributed by atoms with Gasteiger partial charge >= 0.3 is 0 Å². The summed E-state index contributed by atoms with van der Waals surface area (Å²) in [6, 6.07) is 6.74. The first-order chi connectivity index (χ1) is 13.2. The molecule has 2 unspecified atom stereocenters. The van der Waals surface area contributed by atoms with Crippen LogP contribution < -0.4 is 5.73 Å². The fraction of sp³-hybridized carbons (Fsp3) is 0.182. The molecule has 5 N–H and O–H groups in total. The minimum atomic E-state index is -1.19. The second-order valence-corrected chi connectivity index (χ2v) is 7.28. The molecule has 0 fully saturated rings. The van der Waals surface area contributed by atoms with Crippen molar-refractivity contribution in [2.75, 3.05) is 0 Å². The SMILES string of the molecule is Cc1ccc(-c2cc(O)c3c(c2O)C(=O)C2C(N)=CC=C(O)C2C3=O)cc1C. The monoisotopic (exact) mass is 377 g/mol. The Kier molecular flexibility index (Phi) is 3.82. The number of carbonyl (C=O) groups excluding carboxylic acids is 2. The Morgan fingerprint density at radius 2 is 1.54 bits per heavy atom. The molecule has 0 spiro atoms. The number of aromatic hydroxyl groups is 2. The highest BCUT2D eigenvalue weighted by molar-refractivity contribution is 6.21. The molecule has 142 valence electrons. The number of phenolic OH excluding ortho intramolecular Hbond substituents is 2. The molecule has 4 rings (SSSR count). The van der Waals surface area contributed by atoms with Crippen LogP contribution in [0.15, 0.2) is 47.9 Å². The van der Waals surface area contributed by atoms with Crippen molar-refractivity contribution in [3.63, 3.8) is 0 Å². The van der Waals surface area contributed by atoms with Crippen LogP contribution >= 0.6 is 0 Å². The van der Waals surface area contributed by atoms with E-state index in [1.54, 1.807) is 6.07 Å². The number of rotatable bonds is 1. The Balaban J connectivity index is 1.98. The highest BCUT2D eigenvalue weighted by Gasteiger charge is 2.48. The zero-order valence-electron chi connectivity index (χ0n) is 15.4. The van der Waals surface area contributed by atoms with E-state index >= 15 is 0 Å². The van der Waals surface area contributed by atoms with Crippen molar-refractivity contribution in [1.82, 2.24) is 0 Å². The number of hydrogen-bond donors (Lipinski definition) is 4. The molecule has 28 heavy (non-hydrogen) atoms. The maximum Gasteiger partial charge on any atom is 0.179 e. The van der Waals surface area contributed by atoms with Crippen molar-refractivity contribution in [2.45, 2.75) is 13.8 Å². The quantitative estimate of drug-likeness (QED) is 0.566. The third-order valence-corrected chi connectivity index (χ3v) is 5.61. The minimum Gasteiger partial charge on any atom is -0.512 e. The fourth-order valence-electron chi connectivity index (χ4n) is 3.93. The van der Waals surface area contributed by atoms with Crippen LogP contribution in [-0.4, -0.2) is 26.9 Å². The van der Waals surface area contributed by atoms with Crippen molar-refractivity contribution in [1.29, 1.82) is 0 Å². The van der Waals surface area contributed by atoms with Gasteiger partial charge in [-0.3, -0.25) is 9.59 Å². The molecule has 0 radical (unpaired) electrons. The average Bonchev–Trinajstić information content (AvgIpc) is 2.65. The third kappa shape index (κ3) is 2.34. The molecule has 6 heteroatoms. The van der Waals surface area contributed by atoms with Gasteiger partial charge in [0.1, 0.15) is 17.3 Å². The first kappa shape index (κ1) is 17.9. The van der Waals surface area contributed by atoms with Crippen LogP contribution in [0, 0.1) is 25.7 Å². The van der Waals surface area contributed by atoms with Gasteiger partial charge in [-0.25, -0.2) is 0 Å². The molecule has 2 aromatic rings. The van der Waals surface area contributed by atoms with Crippen molar-refractivity contribution >= 4 is 11.6 Å². The molecule has 0 saturated carbocycles. The van der Waals surface area contributed by atoms with Gasteiger partial charge in [0, 0.05) is 11.3 Å². The largest absolute Gasteiger partial charge is 0.512 e. The summed E-state index contributed by atoms with van der Waals surface area (Å²) in [5.41, 5.74) is 8.40. The van der Waals surface area contributed by atoms with Gasteiger partial charge in [0.2, 0.25) is 0 Å². The predicted molar refractivity (Wildman–Crippen MR) is 103 cm³/mol. The van der Waals surface area contributed by atoms with E-state index in [0.29, 0.717) is 5.56 Å². The number of allylic oxidation sites excluding steroid dienone is 4. The van der Waals surface area contributed by atoms with E-state index in [-0.39, 0.29) is 33.9 Å². The lowest BCUT2D eigenvalue weighted by atomic mass is 9.69. The van der Waals surface area contributed by atoms with Crippen LogP contribution in [0.25, 0.3) is 11.1 Å². The van der Waals surface area contributed by atoms with E-state index in [4.69, 9.17) is 5.73 Å². The Morgan fingerprint density at radius 3 is 2.21 bits per heavy atom. The number of nitrogens with two attached hydrogens (primary N) is 1. The van der Waals surface area contributed by atoms with Gasteiger partial charge in [0.25, 0.3) is 0 Å². The summed E-state index contributed by atoms with van der Waals surface area (Å²) in [5.74, 6) is -4.64. The number of Topliss-reactive ketones (excluding diaryl/α,β-unsaturated/α-hetero) is 2. The molecule has 6 nitrogen and oxygen atoms in total. The topological polar surface area (TPSA) is 121 Å². The summed E-state index contributed by atoms with van der Waals surface area (Å²) < 4.78 is 0. The smallest absolute Gasteiger partial charge is 0.179 e. The number of aliphatic hydroxyl groups excluding tert-OH is 1. The summed E-state index contributed by atoms with van der Waals surface area (Å²) in [6.45, 7) is 3.86. The summed E-state index contributed by atoms with van der Waals surface area (Å²) in [4.78, 5) is 26.1. The van der Waals surface area contributed by atoms with E-state index < -0.39 is 29.2 Å². The van der Waals surface area contributed by atoms with E-state index in [1.807, 2.05) is 26.0 Å². The number of carbonyl (C=O) groups is 2. The van der Waals surface area contributed by atoms with Crippen LogP contribution in [0.2, 0.25) is 0 Å². The van der Waals surface area contributed by atoms with E-state index in [0.717, 1.165) is 11.1 Å². The Labute approximate surface area is 161 Å². The van der Waals surface area contributed by atoms with E-state index in [2.05, 4.69) is 0 Å². The van der Waals surface area contributed by atoms with Crippen molar-refractivity contribution < 1.29 is 24.9 Å². The zero-order valence-corrected chi connectivity index (χ0v) is 15.4. The molecule has 2 aliphatic carbocycles. The van der Waals surface area contributed by atoms with Crippen molar-refractivity contribution in [3.8, 4) is 22.6 Å². The number of phenols is 2. The highest BCUT2D eigenvalue weighted by atomic mass is 16.3. The van der Waals surface area contributed by atoms with Crippen LogP contribution in [-0.2, 0) is 0 Å². The van der Waals surface area contributed by atoms with Crippen molar-refractivity contribution in [3.05, 3.63) is 70.1 Å². The first-order valence-electron chi connectivity index (χ1n) is 8.83. The summed E-state index contributed by atoms with van der Waals surface area (Å²) in [6.07, 6.45) is 2.64. The van der Waals surface area contributed by atoms with Gasteiger partial charge in [0.05, 0.1) is 23.0 Å². The number of ketones is 2. The average molecular weight is 377 g/mol. The number of fused-ring (bicyclic) bond motifs is 2. The van der Waals surface area contributed by atoms with E-state index in [1.165, 1.54) is 18.2 Å². The number of aryl methyl sites for hydroxylation is 2. The maximum atomic E-state index is 13.1. The van der Waals surface area contributed by atoms with E-state index in [9.17, 15) is 24.9 Å². The van der Waals surface area contributed by atoms with Gasteiger partial charge in [0.15, 0.2) is 11.6 Å². The maximum absolute atomic E-state index is 13.1. The van der Waals surface area contributed by atoms with Crippen molar-refractivity contribution in [2.24, 2.45) is 17.6 Å². The highest BCUT2D eigenvalue weighted by Crippen LogP contribution is 2.47. The van der Waals surface area contributed by atoms with Crippen LogP contribution in [0.3, 0.4) is 0 Å². The van der Waals surface area contributed by atoms with Gasteiger partial charge < -0.3 is 21.1 Å². The second-order valence-electron chi connectivity index (χ2n) is 7.28. The first-order valence-corrected chi connectivity index (χ1v) is 8.83. The molecule has 0 saturated heterocycles. The minimum absolute atomic E-state index is 0.127. The van der Waals surface area contributed by atoms with Crippen LogP contribution in [0.5, 0.6) is 11.5 Å². The molecule has 2 aromatic carbocycles. The Hall–Kier alpha value is -3.54. The lowest BCUT2D eigenvalue weighted by molar-refractivity contribution is 0.0742. The fourth-order valence-corrected chi connectivity index (χ4v) is 3.93. The zero-order chi connectivity index (χ0) is 20.3. The predicted octanol–water partition coefficient (Wildman–Crippen LogP) is 3.29. The molecule has 0 amide bonds. The van der Waals surface area contributed by atoms with Gasteiger partial charge in [-0.1, -0.05) is 18.2 Å². The summed E-state index contributed by atoms with van der Waals surface area (Å²) >= 11 is 0. The Morgan fingerprint density at radius 1 is 0.857 bits per heavy atom. The van der Waals surface area contributed by atoms with Gasteiger partial charge in [-0.2, -0.15) is 0 Å². The number of hydrogen-bond acceptors (Lipinski definition) is 6. The third-order valence-electron chi connectivity index (χ3n) is 5.61. The molecular formula is C22H19NO5. The lowest BCUT2D eigenvalue weighted by Crippen LogP contribution is -2.42. The standard InChI is InChI=1S/C22H19NO5/c1-9-3-4-11(7-10(9)2)12-8-15(25)18-19(20(12)26)21(27)16-13(23)5-6-14(24)17(16)22(18)28/h3-8,16-17,24-26H,23H2,1-2H3. The molecule has 0 aliphatic heterocycles. The summed E-state index contributed by atoms with van der Waals surface area (Å²) in [5, 5.41) is 31.6. The molecule has 0 heterocycles. The van der Waals surface area contributed by atoms with Gasteiger partial charge in [-0.15, -0.1) is 0 Å². The molecular weight excluding hydrogens is 358 g/mol. The molecule has 2 atom stereocenters. The molecule has 2 aliphatic rings. The normalized spacial score (nSPS) is 20.9. The van der Waals surface area contributed by atoms with Crippen LogP contribution in [0.1, 0.15) is 31.8 Å². The lowest BCUT2D eigenvalue weighted by Gasteiger charge is -2.33. The summed E-state index contributed by atoms with van der Waals surface area (Å²) in [7, 11) is 0.